The highest BCUT2D eigenvalue weighted by atomic mass is 35.5. The molecule has 0 spiro atoms. The third-order valence-corrected chi connectivity index (χ3v) is 2.52. The molecule has 1 rings (SSSR count). The number of hydrogen-bond acceptors (Lipinski definition) is 5. The van der Waals surface area contributed by atoms with E-state index in [0.717, 1.165) is 0 Å². The molecule has 1 atom stereocenters. The molecule has 5 N–H and O–H groups in total. The number of nitrogen functional groups attached to an aromatic ring is 1. The third-order valence-electron chi connectivity index (χ3n) is 2.31. The van der Waals surface area contributed by atoms with Crippen LogP contribution in [-0.2, 0) is 4.74 Å². The summed E-state index contributed by atoms with van der Waals surface area (Å²) in [6, 6.07) is 1.07. The van der Waals surface area contributed by atoms with Gasteiger partial charge in [0.25, 0.3) is 0 Å². The first-order valence-corrected chi connectivity index (χ1v) is 5.73. The van der Waals surface area contributed by atoms with Gasteiger partial charge in [0.2, 0.25) is 0 Å². The third kappa shape index (κ3) is 5.60. The van der Waals surface area contributed by atoms with Crippen molar-refractivity contribution in [3.05, 3.63) is 22.8 Å². The predicted octanol–water partition coefficient (Wildman–Crippen LogP) is 1.79. The Hall–Kier alpha value is -1.09. The van der Waals surface area contributed by atoms with Gasteiger partial charge in [-0.1, -0.05) is 11.6 Å². The summed E-state index contributed by atoms with van der Waals surface area (Å²) in [5, 5.41) is 0.362. The summed E-state index contributed by atoms with van der Waals surface area (Å²) in [7, 11) is 0. The van der Waals surface area contributed by atoms with Crippen LogP contribution < -0.4 is 17.0 Å². The molecule has 1 heterocycles. The van der Waals surface area contributed by atoms with Crippen LogP contribution in [0, 0.1) is 0 Å². The molecule has 0 saturated heterocycles. The SMILES string of the molecule is NNC(CCOCC(F)(F)F)c1cc(Cl)cnc1N. The molecule has 108 valence electrons. The van der Waals surface area contributed by atoms with Gasteiger partial charge in [-0.2, -0.15) is 13.2 Å². The van der Waals surface area contributed by atoms with Gasteiger partial charge in [-0.15, -0.1) is 0 Å². The van der Waals surface area contributed by atoms with Crippen LogP contribution in [0.5, 0.6) is 0 Å². The minimum absolute atomic E-state index is 0.125. The number of rotatable bonds is 6. The number of alkyl halides is 3. The van der Waals surface area contributed by atoms with Crippen molar-refractivity contribution in [3.63, 3.8) is 0 Å². The van der Waals surface area contributed by atoms with Gasteiger partial charge in [-0.25, -0.2) is 4.98 Å². The van der Waals surface area contributed by atoms with Crippen molar-refractivity contribution in [2.75, 3.05) is 18.9 Å². The Balaban J connectivity index is 2.56. The van der Waals surface area contributed by atoms with Crippen LogP contribution in [0.25, 0.3) is 0 Å². The zero-order chi connectivity index (χ0) is 14.5. The predicted molar refractivity (Wildman–Crippen MR) is 65.2 cm³/mol. The summed E-state index contributed by atoms with van der Waals surface area (Å²) in [6.45, 7) is -1.42. The van der Waals surface area contributed by atoms with Crippen molar-refractivity contribution in [2.45, 2.75) is 18.6 Å². The summed E-state index contributed by atoms with van der Waals surface area (Å²) in [5.74, 6) is 5.55. The molecule has 5 nitrogen and oxygen atoms in total. The molecule has 0 aliphatic carbocycles. The molecule has 0 radical (unpaired) electrons. The number of anilines is 1. The fourth-order valence-electron chi connectivity index (χ4n) is 1.46. The lowest BCUT2D eigenvalue weighted by molar-refractivity contribution is -0.174. The van der Waals surface area contributed by atoms with E-state index in [2.05, 4.69) is 15.1 Å². The van der Waals surface area contributed by atoms with Gasteiger partial charge in [-0.05, 0) is 12.5 Å². The molecule has 0 fully saturated rings. The second kappa shape index (κ2) is 6.90. The van der Waals surface area contributed by atoms with E-state index >= 15 is 0 Å². The number of aromatic nitrogens is 1. The van der Waals surface area contributed by atoms with E-state index in [-0.39, 0.29) is 18.8 Å². The summed E-state index contributed by atoms with van der Waals surface area (Å²) < 4.78 is 40.2. The molecule has 1 aromatic rings. The minimum atomic E-state index is -4.34. The van der Waals surface area contributed by atoms with E-state index in [0.29, 0.717) is 10.6 Å². The number of ether oxygens (including phenoxy) is 1. The van der Waals surface area contributed by atoms with E-state index in [1.54, 1.807) is 6.07 Å². The van der Waals surface area contributed by atoms with Crippen LogP contribution >= 0.6 is 11.6 Å². The monoisotopic (exact) mass is 298 g/mol. The number of nitrogens with one attached hydrogen (secondary N) is 1. The first-order chi connectivity index (χ1) is 8.83. The first kappa shape index (κ1) is 16.0. The fraction of sp³-hybridized carbons (Fsp3) is 0.500. The fourth-order valence-corrected chi connectivity index (χ4v) is 1.63. The van der Waals surface area contributed by atoms with Crippen molar-refractivity contribution >= 4 is 17.4 Å². The van der Waals surface area contributed by atoms with Gasteiger partial charge in [-0.3, -0.25) is 11.3 Å². The van der Waals surface area contributed by atoms with Gasteiger partial charge >= 0.3 is 6.18 Å². The standard InChI is InChI=1S/C10H14ClF3N4O/c11-6-3-7(9(15)17-4-6)8(18-16)1-2-19-5-10(12,13)14/h3-4,8,18H,1-2,5,16H2,(H2,15,17). The normalized spacial score (nSPS) is 13.5. The molecule has 9 heteroatoms. The van der Waals surface area contributed by atoms with Crippen molar-refractivity contribution in [3.8, 4) is 0 Å². The smallest absolute Gasteiger partial charge is 0.383 e. The van der Waals surface area contributed by atoms with Gasteiger partial charge < -0.3 is 10.5 Å². The van der Waals surface area contributed by atoms with Crippen LogP contribution in [0.15, 0.2) is 12.3 Å². The second-order valence-electron chi connectivity index (χ2n) is 3.80. The zero-order valence-electron chi connectivity index (χ0n) is 9.88. The Morgan fingerprint density at radius 1 is 1.47 bits per heavy atom. The highest BCUT2D eigenvalue weighted by Gasteiger charge is 2.27. The Bertz CT molecular complexity index is 416. The lowest BCUT2D eigenvalue weighted by Gasteiger charge is -2.18. The molecular formula is C10H14ClF3N4O. The largest absolute Gasteiger partial charge is 0.411 e. The molecule has 0 aliphatic heterocycles. The average Bonchev–Trinajstić information content (AvgIpc) is 2.32. The number of halogens is 4. The molecular weight excluding hydrogens is 285 g/mol. The Morgan fingerprint density at radius 3 is 2.74 bits per heavy atom. The lowest BCUT2D eigenvalue weighted by atomic mass is 10.1. The van der Waals surface area contributed by atoms with E-state index in [1.165, 1.54) is 6.20 Å². The lowest BCUT2D eigenvalue weighted by Crippen LogP contribution is -2.30. The molecule has 0 aliphatic rings. The van der Waals surface area contributed by atoms with Crippen LogP contribution in [0.1, 0.15) is 18.0 Å². The summed E-state index contributed by atoms with van der Waals surface area (Å²) in [6.07, 6.45) is -2.77. The van der Waals surface area contributed by atoms with E-state index in [9.17, 15) is 13.2 Å². The minimum Gasteiger partial charge on any atom is -0.383 e. The van der Waals surface area contributed by atoms with Crippen molar-refractivity contribution in [1.82, 2.24) is 10.4 Å². The summed E-state index contributed by atoms with van der Waals surface area (Å²) in [4.78, 5) is 3.84. The summed E-state index contributed by atoms with van der Waals surface area (Å²) in [5.41, 5.74) is 8.62. The van der Waals surface area contributed by atoms with Gasteiger partial charge in [0.15, 0.2) is 0 Å². The zero-order valence-corrected chi connectivity index (χ0v) is 10.6. The molecule has 19 heavy (non-hydrogen) atoms. The Labute approximate surface area is 113 Å². The number of nitrogens with two attached hydrogens (primary N) is 2. The van der Waals surface area contributed by atoms with E-state index in [1.807, 2.05) is 0 Å². The van der Waals surface area contributed by atoms with Crippen LogP contribution in [0.2, 0.25) is 5.02 Å². The Morgan fingerprint density at radius 2 is 2.16 bits per heavy atom. The second-order valence-corrected chi connectivity index (χ2v) is 4.24. The number of nitrogens with zero attached hydrogens (tertiary/aromatic N) is 1. The maximum Gasteiger partial charge on any atom is 0.411 e. The molecule has 0 saturated carbocycles. The highest BCUT2D eigenvalue weighted by Crippen LogP contribution is 2.24. The van der Waals surface area contributed by atoms with Crippen molar-refractivity contribution in [2.24, 2.45) is 5.84 Å². The Kier molecular flexibility index (Phi) is 5.80. The average molecular weight is 299 g/mol. The maximum absolute atomic E-state index is 11.9. The maximum atomic E-state index is 11.9. The number of hydrogen-bond donors (Lipinski definition) is 3. The molecule has 1 unspecified atom stereocenters. The number of pyridine rings is 1. The van der Waals surface area contributed by atoms with Gasteiger partial charge in [0.05, 0.1) is 11.1 Å². The van der Waals surface area contributed by atoms with Gasteiger partial charge in [0.1, 0.15) is 12.4 Å². The van der Waals surface area contributed by atoms with Crippen molar-refractivity contribution < 1.29 is 17.9 Å². The summed E-state index contributed by atoms with van der Waals surface area (Å²) >= 11 is 5.77. The van der Waals surface area contributed by atoms with E-state index < -0.39 is 18.8 Å². The number of hydrazine groups is 1. The topological polar surface area (TPSA) is 86.2 Å². The van der Waals surface area contributed by atoms with Gasteiger partial charge in [0, 0.05) is 18.4 Å². The first-order valence-electron chi connectivity index (χ1n) is 5.35. The highest BCUT2D eigenvalue weighted by molar-refractivity contribution is 6.30. The van der Waals surface area contributed by atoms with Crippen LogP contribution in [0.3, 0.4) is 0 Å². The van der Waals surface area contributed by atoms with Crippen LogP contribution in [0.4, 0.5) is 19.0 Å². The molecule has 0 aromatic carbocycles. The molecule has 1 aromatic heterocycles. The van der Waals surface area contributed by atoms with E-state index in [4.69, 9.17) is 23.2 Å². The molecule has 0 amide bonds. The molecule has 0 bridgehead atoms. The van der Waals surface area contributed by atoms with Crippen LogP contribution in [-0.4, -0.2) is 24.4 Å². The van der Waals surface area contributed by atoms with Crippen molar-refractivity contribution in [1.29, 1.82) is 0 Å². The quantitative estimate of drug-likeness (QED) is 0.423.